The average Bonchev–Trinajstić information content (AvgIpc) is 2.34. The minimum atomic E-state index is -5.38. The van der Waals surface area contributed by atoms with E-state index >= 15 is 0 Å². The van der Waals surface area contributed by atoms with E-state index in [1.54, 1.807) is 0 Å². The summed E-state index contributed by atoms with van der Waals surface area (Å²) in [5.41, 5.74) is -1.78. The molecular weight excluding hydrogens is 321 g/mol. The highest BCUT2D eigenvalue weighted by Crippen LogP contribution is 2.41. The zero-order chi connectivity index (χ0) is 17.3. The van der Waals surface area contributed by atoms with Crippen LogP contribution in [0, 0.1) is 0 Å². The van der Waals surface area contributed by atoms with Gasteiger partial charge in [0.2, 0.25) is 5.91 Å². The van der Waals surface area contributed by atoms with Crippen LogP contribution in [-0.4, -0.2) is 29.6 Å². The maximum Gasteiger partial charge on any atom is 0.489 e. The Balaban J connectivity index is 3.75. The minimum absolute atomic E-state index is 0.205. The molecule has 1 aromatic carbocycles. The van der Waals surface area contributed by atoms with E-state index in [4.69, 9.17) is 15.8 Å². The van der Waals surface area contributed by atoms with Crippen LogP contribution in [0.2, 0.25) is 0 Å². The summed E-state index contributed by atoms with van der Waals surface area (Å²) >= 11 is 0. The van der Waals surface area contributed by atoms with Crippen molar-refractivity contribution in [2.45, 2.75) is 12.4 Å². The summed E-state index contributed by atoms with van der Waals surface area (Å²) in [6.45, 7) is -0.861. The lowest BCUT2D eigenvalue weighted by Gasteiger charge is -2.22. The first-order chi connectivity index (χ1) is 9.89. The first kappa shape index (κ1) is 18.3. The molecule has 0 aliphatic heterocycles. The number of nitrogens with two attached hydrogens (primary N) is 1. The average molecular weight is 330 g/mol. The maximum absolute atomic E-state index is 13.0. The molecule has 1 aromatic rings. The van der Waals surface area contributed by atoms with Crippen LogP contribution in [0.25, 0.3) is 0 Å². The number of hydrogen-bond donors (Lipinski definition) is 4. The standard InChI is InChI=1S/C10H9BF6N2O3/c12-9(13,14)4-1-2-5(11(21)22)7(10(15,16)17)8(4)19-6(20)3-18/h1-2,21-22H,3,18H2,(H,19,20). The van der Waals surface area contributed by atoms with E-state index < -0.39 is 54.2 Å². The second-order valence-electron chi connectivity index (χ2n) is 4.07. The van der Waals surface area contributed by atoms with Crippen molar-refractivity contribution in [3.8, 4) is 0 Å². The lowest BCUT2D eigenvalue weighted by molar-refractivity contribution is -0.141. The van der Waals surface area contributed by atoms with Crippen molar-refractivity contribution in [1.29, 1.82) is 0 Å². The third-order valence-electron chi connectivity index (χ3n) is 2.55. The molecule has 0 aliphatic carbocycles. The Morgan fingerprint density at radius 3 is 2.05 bits per heavy atom. The molecule has 0 fully saturated rings. The van der Waals surface area contributed by atoms with Gasteiger partial charge in [-0.25, -0.2) is 0 Å². The molecule has 0 bridgehead atoms. The third-order valence-corrected chi connectivity index (χ3v) is 2.55. The van der Waals surface area contributed by atoms with E-state index in [9.17, 15) is 31.1 Å². The van der Waals surface area contributed by atoms with Gasteiger partial charge in [0, 0.05) is 0 Å². The Bertz CT molecular complexity index is 573. The fourth-order valence-corrected chi connectivity index (χ4v) is 1.70. The molecule has 122 valence electrons. The summed E-state index contributed by atoms with van der Waals surface area (Å²) in [5.74, 6) is -1.31. The van der Waals surface area contributed by atoms with E-state index in [1.807, 2.05) is 0 Å². The molecule has 12 heteroatoms. The molecular formula is C10H9BF6N2O3. The van der Waals surface area contributed by atoms with Crippen LogP contribution in [0.1, 0.15) is 11.1 Å². The Morgan fingerprint density at radius 2 is 1.68 bits per heavy atom. The molecule has 0 saturated heterocycles. The largest absolute Gasteiger partial charge is 0.489 e. The number of alkyl halides is 6. The molecule has 0 radical (unpaired) electrons. The monoisotopic (exact) mass is 330 g/mol. The molecule has 0 aliphatic rings. The molecule has 0 atom stereocenters. The summed E-state index contributed by atoms with van der Waals surface area (Å²) in [4.78, 5) is 11.1. The Labute approximate surface area is 119 Å². The van der Waals surface area contributed by atoms with E-state index in [-0.39, 0.29) is 12.1 Å². The number of rotatable bonds is 3. The predicted octanol–water partition coefficient (Wildman–Crippen LogP) is 0.301. The Morgan fingerprint density at radius 1 is 1.14 bits per heavy atom. The number of carbonyl (C=O) groups excluding carboxylic acids is 1. The molecule has 22 heavy (non-hydrogen) atoms. The molecule has 5 nitrogen and oxygen atoms in total. The maximum atomic E-state index is 13.0. The van der Waals surface area contributed by atoms with Gasteiger partial charge >= 0.3 is 19.5 Å². The molecule has 0 aromatic heterocycles. The van der Waals surface area contributed by atoms with Crippen LogP contribution in [0.4, 0.5) is 32.0 Å². The van der Waals surface area contributed by atoms with Crippen molar-refractivity contribution in [3.05, 3.63) is 23.3 Å². The number of amides is 1. The molecule has 1 amide bonds. The van der Waals surface area contributed by atoms with Gasteiger partial charge < -0.3 is 21.1 Å². The van der Waals surface area contributed by atoms with Gasteiger partial charge in [0.05, 0.1) is 23.4 Å². The number of nitrogens with one attached hydrogen (secondary N) is 1. The summed E-state index contributed by atoms with van der Waals surface area (Å²) in [6, 6.07) is 0.477. The van der Waals surface area contributed by atoms with Crippen molar-refractivity contribution in [2.75, 3.05) is 11.9 Å². The summed E-state index contributed by atoms with van der Waals surface area (Å²) in [6.07, 6.45) is -10.6. The number of carbonyl (C=O) groups is 1. The number of hydrogen-bond acceptors (Lipinski definition) is 4. The van der Waals surface area contributed by atoms with E-state index in [1.165, 1.54) is 5.32 Å². The van der Waals surface area contributed by atoms with Crippen LogP contribution in [0.5, 0.6) is 0 Å². The van der Waals surface area contributed by atoms with Gasteiger partial charge in [0.25, 0.3) is 0 Å². The minimum Gasteiger partial charge on any atom is -0.423 e. The van der Waals surface area contributed by atoms with Crippen LogP contribution in [0.3, 0.4) is 0 Å². The van der Waals surface area contributed by atoms with Gasteiger partial charge in [0.1, 0.15) is 0 Å². The van der Waals surface area contributed by atoms with Gasteiger partial charge in [-0.05, 0) is 11.5 Å². The highest BCUT2D eigenvalue weighted by atomic mass is 19.4. The fraction of sp³-hybridized carbons (Fsp3) is 0.300. The smallest absolute Gasteiger partial charge is 0.423 e. The normalized spacial score (nSPS) is 12.2. The third kappa shape index (κ3) is 3.90. The van der Waals surface area contributed by atoms with Crippen LogP contribution >= 0.6 is 0 Å². The van der Waals surface area contributed by atoms with Gasteiger partial charge in [-0.2, -0.15) is 26.3 Å². The van der Waals surface area contributed by atoms with Gasteiger partial charge in [-0.1, -0.05) is 6.07 Å². The van der Waals surface area contributed by atoms with Crippen molar-refractivity contribution in [3.63, 3.8) is 0 Å². The van der Waals surface area contributed by atoms with Gasteiger partial charge in [-0.3, -0.25) is 4.79 Å². The first-order valence-electron chi connectivity index (χ1n) is 5.57. The van der Waals surface area contributed by atoms with Crippen molar-refractivity contribution in [2.24, 2.45) is 5.73 Å². The fourth-order valence-electron chi connectivity index (χ4n) is 1.70. The topological polar surface area (TPSA) is 95.6 Å². The highest BCUT2D eigenvalue weighted by Gasteiger charge is 2.44. The zero-order valence-electron chi connectivity index (χ0n) is 10.6. The SMILES string of the molecule is NCC(=O)Nc1c(C(F)(F)F)ccc(B(O)O)c1C(F)(F)F. The molecule has 0 heterocycles. The van der Waals surface area contributed by atoms with Crippen LogP contribution in [-0.2, 0) is 17.1 Å². The second kappa shape index (κ2) is 6.14. The lowest BCUT2D eigenvalue weighted by atomic mass is 9.75. The second-order valence-corrected chi connectivity index (χ2v) is 4.07. The number of anilines is 1. The van der Waals surface area contributed by atoms with E-state index in [0.29, 0.717) is 0 Å². The highest BCUT2D eigenvalue weighted by molar-refractivity contribution is 6.59. The first-order valence-corrected chi connectivity index (χ1v) is 5.57. The molecule has 0 spiro atoms. The van der Waals surface area contributed by atoms with Crippen LogP contribution in [0.15, 0.2) is 12.1 Å². The molecule has 0 unspecified atom stereocenters. The zero-order valence-corrected chi connectivity index (χ0v) is 10.6. The summed E-state index contributed by atoms with van der Waals surface area (Å²) < 4.78 is 77.5. The lowest BCUT2D eigenvalue weighted by Crippen LogP contribution is -2.38. The molecule has 0 saturated carbocycles. The van der Waals surface area contributed by atoms with Crippen molar-refractivity contribution >= 4 is 24.2 Å². The van der Waals surface area contributed by atoms with E-state index in [0.717, 1.165) is 0 Å². The van der Waals surface area contributed by atoms with Gasteiger partial charge in [0.15, 0.2) is 0 Å². The molecule has 5 N–H and O–H groups in total. The number of benzene rings is 1. The van der Waals surface area contributed by atoms with Crippen molar-refractivity contribution in [1.82, 2.24) is 0 Å². The number of halogens is 6. The predicted molar refractivity (Wildman–Crippen MR) is 64.0 cm³/mol. The quantitative estimate of drug-likeness (QED) is 0.474. The molecule has 1 rings (SSSR count). The van der Waals surface area contributed by atoms with Gasteiger partial charge in [-0.15, -0.1) is 0 Å². The summed E-state index contributed by atoms with van der Waals surface area (Å²) in [5, 5.41) is 19.2. The van der Waals surface area contributed by atoms with E-state index in [2.05, 4.69) is 0 Å². The Kier molecular flexibility index (Phi) is 5.10. The Hall–Kier alpha value is -1.79. The summed E-state index contributed by atoms with van der Waals surface area (Å²) in [7, 11) is -2.69. The van der Waals surface area contributed by atoms with Crippen molar-refractivity contribution < 1.29 is 41.2 Å². The van der Waals surface area contributed by atoms with Crippen LogP contribution < -0.4 is 16.5 Å².